The van der Waals surface area contributed by atoms with Crippen LogP contribution in [-0.4, -0.2) is 42.3 Å². The van der Waals surface area contributed by atoms with Crippen LogP contribution in [-0.2, 0) is 11.3 Å². The fourth-order valence-electron chi connectivity index (χ4n) is 2.36. The zero-order chi connectivity index (χ0) is 22.7. The van der Waals surface area contributed by atoms with Gasteiger partial charge in [-0.25, -0.2) is 19.2 Å². The van der Waals surface area contributed by atoms with Crippen molar-refractivity contribution in [2.75, 3.05) is 19.6 Å². The number of nitrogens with one attached hydrogen (secondary N) is 3. The summed E-state index contributed by atoms with van der Waals surface area (Å²) < 4.78 is 23.7. The second kappa shape index (κ2) is 11.7. The van der Waals surface area contributed by atoms with Gasteiger partial charge in [0.2, 0.25) is 5.88 Å². The SMILES string of the molecule is CCNC(=NCc1ccc(Oc2ccc(F)cc2)nc1)NCCNC(=O)OC(C)(C)C. The molecule has 0 aliphatic carbocycles. The van der Waals surface area contributed by atoms with E-state index < -0.39 is 11.7 Å². The van der Waals surface area contributed by atoms with Gasteiger partial charge < -0.3 is 25.4 Å². The van der Waals surface area contributed by atoms with E-state index in [4.69, 9.17) is 9.47 Å². The number of benzene rings is 1. The Morgan fingerprint density at radius 2 is 1.77 bits per heavy atom. The Kier molecular flexibility index (Phi) is 9.05. The molecule has 2 rings (SSSR count). The molecule has 9 heteroatoms. The van der Waals surface area contributed by atoms with E-state index in [0.717, 1.165) is 5.56 Å². The normalized spacial score (nSPS) is 11.6. The van der Waals surface area contributed by atoms with Crippen LogP contribution in [0.1, 0.15) is 33.3 Å². The van der Waals surface area contributed by atoms with E-state index in [-0.39, 0.29) is 5.82 Å². The highest BCUT2D eigenvalue weighted by molar-refractivity contribution is 5.79. The quantitative estimate of drug-likeness (QED) is 0.336. The summed E-state index contributed by atoms with van der Waals surface area (Å²) in [5, 5.41) is 8.99. The number of carbonyl (C=O) groups is 1. The van der Waals surface area contributed by atoms with Crippen LogP contribution in [0.25, 0.3) is 0 Å². The average Bonchev–Trinajstić information content (AvgIpc) is 2.71. The molecule has 0 saturated carbocycles. The predicted octanol–water partition coefficient (Wildman–Crippen LogP) is 3.59. The molecule has 0 aliphatic heterocycles. The lowest BCUT2D eigenvalue weighted by Gasteiger charge is -2.19. The van der Waals surface area contributed by atoms with E-state index >= 15 is 0 Å². The molecule has 3 N–H and O–H groups in total. The van der Waals surface area contributed by atoms with Crippen molar-refractivity contribution >= 4 is 12.1 Å². The molecule has 0 fully saturated rings. The van der Waals surface area contributed by atoms with Crippen molar-refractivity contribution in [3.8, 4) is 11.6 Å². The zero-order valence-electron chi connectivity index (χ0n) is 18.4. The van der Waals surface area contributed by atoms with Gasteiger partial charge in [-0.2, -0.15) is 0 Å². The number of guanidine groups is 1. The molecule has 0 atom stereocenters. The summed E-state index contributed by atoms with van der Waals surface area (Å²) in [6.07, 6.45) is 1.22. The summed E-state index contributed by atoms with van der Waals surface area (Å²) in [5.74, 6) is 1.23. The van der Waals surface area contributed by atoms with Crippen LogP contribution in [0.5, 0.6) is 11.6 Å². The molecule has 168 valence electrons. The van der Waals surface area contributed by atoms with Crippen LogP contribution in [0.15, 0.2) is 47.6 Å². The number of pyridine rings is 1. The van der Waals surface area contributed by atoms with Gasteiger partial charge in [-0.15, -0.1) is 0 Å². The second-order valence-corrected chi connectivity index (χ2v) is 7.61. The minimum Gasteiger partial charge on any atom is -0.444 e. The topological polar surface area (TPSA) is 96.9 Å². The molecule has 0 aliphatic rings. The number of ether oxygens (including phenoxy) is 2. The van der Waals surface area contributed by atoms with Crippen LogP contribution in [0, 0.1) is 5.82 Å². The van der Waals surface area contributed by atoms with Crippen molar-refractivity contribution in [2.24, 2.45) is 4.99 Å². The molecule has 0 saturated heterocycles. The van der Waals surface area contributed by atoms with E-state index in [9.17, 15) is 9.18 Å². The lowest BCUT2D eigenvalue weighted by atomic mass is 10.2. The molecule has 1 aromatic heterocycles. The van der Waals surface area contributed by atoms with Crippen molar-refractivity contribution < 1.29 is 18.7 Å². The average molecular weight is 432 g/mol. The van der Waals surface area contributed by atoms with Gasteiger partial charge in [0.15, 0.2) is 5.96 Å². The molecular formula is C22H30FN5O3. The Hall–Kier alpha value is -3.36. The van der Waals surface area contributed by atoms with Crippen LogP contribution in [0.3, 0.4) is 0 Å². The number of rotatable bonds is 8. The first-order valence-electron chi connectivity index (χ1n) is 10.1. The van der Waals surface area contributed by atoms with Crippen molar-refractivity contribution in [2.45, 2.75) is 39.8 Å². The summed E-state index contributed by atoms with van der Waals surface area (Å²) in [6, 6.07) is 9.35. The molecule has 1 heterocycles. The predicted molar refractivity (Wildman–Crippen MR) is 118 cm³/mol. The Morgan fingerprint density at radius 3 is 2.39 bits per heavy atom. The van der Waals surface area contributed by atoms with Gasteiger partial charge in [-0.1, -0.05) is 6.07 Å². The molecular weight excluding hydrogens is 401 g/mol. The second-order valence-electron chi connectivity index (χ2n) is 7.61. The number of hydrogen-bond donors (Lipinski definition) is 3. The third-order valence-electron chi connectivity index (χ3n) is 3.68. The third kappa shape index (κ3) is 9.79. The third-order valence-corrected chi connectivity index (χ3v) is 3.68. The number of hydrogen-bond acceptors (Lipinski definition) is 5. The Morgan fingerprint density at radius 1 is 1.06 bits per heavy atom. The van der Waals surface area contributed by atoms with Gasteiger partial charge in [0.05, 0.1) is 6.54 Å². The fourth-order valence-corrected chi connectivity index (χ4v) is 2.36. The lowest BCUT2D eigenvalue weighted by Crippen LogP contribution is -2.42. The molecule has 1 amide bonds. The number of aliphatic imine (C=N–C) groups is 1. The van der Waals surface area contributed by atoms with E-state index in [0.29, 0.717) is 43.8 Å². The molecule has 31 heavy (non-hydrogen) atoms. The molecule has 1 aromatic carbocycles. The van der Waals surface area contributed by atoms with Crippen LogP contribution in [0.4, 0.5) is 9.18 Å². The maximum atomic E-state index is 13.0. The Balaban J connectivity index is 1.81. The largest absolute Gasteiger partial charge is 0.444 e. The van der Waals surface area contributed by atoms with Crippen molar-refractivity contribution in [1.29, 1.82) is 0 Å². The molecule has 8 nitrogen and oxygen atoms in total. The summed E-state index contributed by atoms with van der Waals surface area (Å²) >= 11 is 0. The number of alkyl carbamates (subject to hydrolysis) is 1. The van der Waals surface area contributed by atoms with Crippen molar-refractivity contribution in [1.82, 2.24) is 20.9 Å². The minimum absolute atomic E-state index is 0.320. The van der Waals surface area contributed by atoms with Gasteiger partial charge >= 0.3 is 6.09 Å². The highest BCUT2D eigenvalue weighted by atomic mass is 19.1. The monoisotopic (exact) mass is 431 g/mol. The lowest BCUT2D eigenvalue weighted by molar-refractivity contribution is 0.0529. The standard InChI is InChI=1S/C22H30FN5O3/c1-5-24-20(25-12-13-26-21(29)31-22(2,3)4)28-15-16-6-11-19(27-14-16)30-18-9-7-17(23)8-10-18/h6-11,14H,5,12-13,15H2,1-4H3,(H,26,29)(H2,24,25,28). The van der Waals surface area contributed by atoms with E-state index in [1.54, 1.807) is 24.4 Å². The highest BCUT2D eigenvalue weighted by Crippen LogP contribution is 2.19. The van der Waals surface area contributed by atoms with Crippen LogP contribution in [0.2, 0.25) is 0 Å². The maximum absolute atomic E-state index is 13.0. The van der Waals surface area contributed by atoms with E-state index in [1.165, 1.54) is 12.1 Å². The number of nitrogens with zero attached hydrogens (tertiary/aromatic N) is 2. The number of carbonyl (C=O) groups excluding carboxylic acids is 1. The van der Waals surface area contributed by atoms with Gasteiger partial charge in [0.25, 0.3) is 0 Å². The summed E-state index contributed by atoms with van der Waals surface area (Å²) in [5.41, 5.74) is 0.372. The molecule has 0 spiro atoms. The van der Waals surface area contributed by atoms with Crippen molar-refractivity contribution in [3.63, 3.8) is 0 Å². The first-order valence-corrected chi connectivity index (χ1v) is 10.1. The van der Waals surface area contributed by atoms with E-state index in [1.807, 2.05) is 33.8 Å². The van der Waals surface area contributed by atoms with Gasteiger partial charge in [0.1, 0.15) is 17.2 Å². The zero-order valence-corrected chi connectivity index (χ0v) is 18.4. The highest BCUT2D eigenvalue weighted by Gasteiger charge is 2.15. The van der Waals surface area contributed by atoms with Gasteiger partial charge in [-0.3, -0.25) is 0 Å². The number of aromatic nitrogens is 1. The Bertz CT molecular complexity index is 849. The molecule has 0 radical (unpaired) electrons. The summed E-state index contributed by atoms with van der Waals surface area (Å²) in [6.45, 7) is 9.43. The van der Waals surface area contributed by atoms with Crippen molar-refractivity contribution in [3.05, 3.63) is 54.0 Å². The fraction of sp³-hybridized carbons (Fsp3) is 0.409. The summed E-state index contributed by atoms with van der Waals surface area (Å²) in [4.78, 5) is 20.4. The van der Waals surface area contributed by atoms with E-state index in [2.05, 4.69) is 25.9 Å². The first kappa shape index (κ1) is 23.9. The number of amides is 1. The minimum atomic E-state index is -0.526. The molecule has 0 unspecified atom stereocenters. The van der Waals surface area contributed by atoms with Crippen LogP contribution >= 0.6 is 0 Å². The molecule has 0 bridgehead atoms. The Labute approximate surface area is 182 Å². The summed E-state index contributed by atoms with van der Waals surface area (Å²) in [7, 11) is 0. The first-order chi connectivity index (χ1) is 14.7. The van der Waals surface area contributed by atoms with Gasteiger partial charge in [-0.05, 0) is 57.5 Å². The number of halogens is 1. The maximum Gasteiger partial charge on any atom is 0.407 e. The molecule has 2 aromatic rings. The van der Waals surface area contributed by atoms with Crippen LogP contribution < -0.4 is 20.7 Å². The smallest absolute Gasteiger partial charge is 0.407 e. The van der Waals surface area contributed by atoms with Gasteiger partial charge in [0, 0.05) is 31.9 Å².